The van der Waals surface area contributed by atoms with Gasteiger partial charge >= 0.3 is 0 Å². The second-order valence-corrected chi connectivity index (χ2v) is 7.40. The first-order chi connectivity index (χ1) is 14.9. The Balaban J connectivity index is 1.63. The van der Waals surface area contributed by atoms with Crippen LogP contribution in [-0.4, -0.2) is 40.0 Å². The summed E-state index contributed by atoms with van der Waals surface area (Å²) in [6, 6.07) is 7.84. The zero-order valence-electron chi connectivity index (χ0n) is 16.8. The Hall–Kier alpha value is -3.79. The summed E-state index contributed by atoms with van der Waals surface area (Å²) in [5.41, 5.74) is 19.4. The molecule has 0 spiro atoms. The Morgan fingerprint density at radius 1 is 1.16 bits per heavy atom. The normalized spacial score (nSPS) is 16.2. The van der Waals surface area contributed by atoms with E-state index in [0.29, 0.717) is 12.2 Å². The van der Waals surface area contributed by atoms with E-state index >= 15 is 0 Å². The Bertz CT molecular complexity index is 1120. The number of hydrogen-bond acceptors (Lipinski definition) is 8. The van der Waals surface area contributed by atoms with Crippen LogP contribution in [0, 0.1) is 5.95 Å². The monoisotopic (exact) mass is 422 g/mol. The van der Waals surface area contributed by atoms with Gasteiger partial charge in [0.15, 0.2) is 5.69 Å². The van der Waals surface area contributed by atoms with Gasteiger partial charge in [-0.1, -0.05) is 0 Å². The van der Waals surface area contributed by atoms with Crippen LogP contribution in [0.2, 0.25) is 0 Å². The van der Waals surface area contributed by atoms with Gasteiger partial charge in [-0.3, -0.25) is 9.78 Å². The molecule has 10 heteroatoms. The van der Waals surface area contributed by atoms with Crippen molar-refractivity contribution in [3.8, 4) is 11.3 Å². The van der Waals surface area contributed by atoms with Crippen molar-refractivity contribution in [2.75, 3.05) is 34.8 Å². The summed E-state index contributed by atoms with van der Waals surface area (Å²) in [6.07, 6.45) is 5.16. The number of rotatable bonds is 4. The molecule has 0 aliphatic carbocycles. The fraction of sp³-hybridized carbons (Fsp3) is 0.238. The first-order valence-electron chi connectivity index (χ1n) is 9.87. The minimum atomic E-state index is -0.778. The van der Waals surface area contributed by atoms with Crippen LogP contribution in [0.4, 0.5) is 27.3 Å². The summed E-state index contributed by atoms with van der Waals surface area (Å²) in [6.45, 7) is 1.52. The SMILES string of the molecule is Nc1ccc(-c2ccc(N)c(C(=O)Nc3cnccc3N3CCCC(N)C3)n2)c(F)n1. The van der Waals surface area contributed by atoms with E-state index in [1.165, 1.54) is 24.3 Å². The van der Waals surface area contributed by atoms with E-state index in [9.17, 15) is 9.18 Å². The number of hydrogen-bond donors (Lipinski definition) is 4. The van der Waals surface area contributed by atoms with Gasteiger partial charge in [0.05, 0.1) is 34.5 Å². The van der Waals surface area contributed by atoms with Crippen LogP contribution in [0.25, 0.3) is 11.3 Å². The molecule has 31 heavy (non-hydrogen) atoms. The van der Waals surface area contributed by atoms with Crippen molar-refractivity contribution in [1.29, 1.82) is 0 Å². The predicted molar refractivity (Wildman–Crippen MR) is 118 cm³/mol. The van der Waals surface area contributed by atoms with Gasteiger partial charge in [-0.2, -0.15) is 4.39 Å². The summed E-state index contributed by atoms with van der Waals surface area (Å²) >= 11 is 0. The molecule has 4 rings (SSSR count). The van der Waals surface area contributed by atoms with Crippen LogP contribution in [0.1, 0.15) is 23.3 Å². The van der Waals surface area contributed by atoms with Crippen molar-refractivity contribution >= 4 is 28.8 Å². The van der Waals surface area contributed by atoms with E-state index in [2.05, 4.69) is 25.2 Å². The summed E-state index contributed by atoms with van der Waals surface area (Å²) < 4.78 is 14.2. The maximum atomic E-state index is 14.2. The minimum Gasteiger partial charge on any atom is -0.397 e. The molecule has 1 amide bonds. The summed E-state index contributed by atoms with van der Waals surface area (Å²) in [4.78, 5) is 27.1. The van der Waals surface area contributed by atoms with Crippen LogP contribution >= 0.6 is 0 Å². The van der Waals surface area contributed by atoms with Gasteiger partial charge in [0.2, 0.25) is 5.95 Å². The lowest BCUT2D eigenvalue weighted by atomic mass is 10.1. The lowest BCUT2D eigenvalue weighted by Crippen LogP contribution is -2.43. The molecule has 4 heterocycles. The van der Waals surface area contributed by atoms with Gasteiger partial charge in [0.25, 0.3) is 5.91 Å². The minimum absolute atomic E-state index is 0.0288. The van der Waals surface area contributed by atoms with Gasteiger partial charge in [-0.25, -0.2) is 9.97 Å². The molecule has 1 fully saturated rings. The van der Waals surface area contributed by atoms with E-state index < -0.39 is 11.9 Å². The van der Waals surface area contributed by atoms with Gasteiger partial charge in [0.1, 0.15) is 5.82 Å². The molecule has 1 aliphatic heterocycles. The number of pyridine rings is 3. The number of amides is 1. The number of halogens is 1. The van der Waals surface area contributed by atoms with Crippen molar-refractivity contribution in [2.24, 2.45) is 5.73 Å². The van der Waals surface area contributed by atoms with E-state index in [4.69, 9.17) is 17.2 Å². The molecule has 160 valence electrons. The van der Waals surface area contributed by atoms with Crippen LogP contribution in [0.3, 0.4) is 0 Å². The average Bonchev–Trinajstić information content (AvgIpc) is 2.75. The Morgan fingerprint density at radius 3 is 2.77 bits per heavy atom. The lowest BCUT2D eigenvalue weighted by Gasteiger charge is -2.33. The van der Waals surface area contributed by atoms with Gasteiger partial charge in [-0.15, -0.1) is 0 Å². The van der Waals surface area contributed by atoms with Gasteiger partial charge in [-0.05, 0) is 43.2 Å². The molecule has 1 unspecified atom stereocenters. The molecule has 1 aliphatic rings. The van der Waals surface area contributed by atoms with Crippen molar-refractivity contribution < 1.29 is 9.18 Å². The number of nitrogens with two attached hydrogens (primary N) is 3. The van der Waals surface area contributed by atoms with Crippen molar-refractivity contribution in [3.63, 3.8) is 0 Å². The Morgan fingerprint density at radius 2 is 2.00 bits per heavy atom. The molecule has 0 saturated carbocycles. The van der Waals surface area contributed by atoms with Crippen LogP contribution in [0.15, 0.2) is 42.7 Å². The van der Waals surface area contributed by atoms with Gasteiger partial charge in [0, 0.05) is 25.3 Å². The van der Waals surface area contributed by atoms with Crippen molar-refractivity contribution in [3.05, 3.63) is 54.4 Å². The fourth-order valence-corrected chi connectivity index (χ4v) is 3.61. The van der Waals surface area contributed by atoms with Crippen LogP contribution < -0.4 is 27.4 Å². The number of aromatic nitrogens is 3. The predicted octanol–water partition coefficient (Wildman–Crippen LogP) is 2.02. The number of carbonyl (C=O) groups is 1. The van der Waals surface area contributed by atoms with E-state index in [-0.39, 0.29) is 34.5 Å². The molecule has 0 aromatic carbocycles. The van der Waals surface area contributed by atoms with Crippen LogP contribution in [-0.2, 0) is 0 Å². The molecule has 7 N–H and O–H groups in total. The molecule has 0 bridgehead atoms. The van der Waals surface area contributed by atoms with E-state index in [1.807, 2.05) is 6.07 Å². The third-order valence-electron chi connectivity index (χ3n) is 5.13. The second-order valence-electron chi connectivity index (χ2n) is 7.40. The summed E-state index contributed by atoms with van der Waals surface area (Å²) in [7, 11) is 0. The summed E-state index contributed by atoms with van der Waals surface area (Å²) in [5, 5.41) is 2.83. The number of nitrogens with one attached hydrogen (secondary N) is 1. The molecular weight excluding hydrogens is 399 g/mol. The Kier molecular flexibility index (Phi) is 5.63. The molecular formula is C21H23FN8O. The zero-order valence-corrected chi connectivity index (χ0v) is 16.8. The molecule has 3 aromatic rings. The molecule has 3 aromatic heterocycles. The van der Waals surface area contributed by atoms with E-state index in [0.717, 1.165) is 25.1 Å². The highest BCUT2D eigenvalue weighted by Gasteiger charge is 2.22. The highest BCUT2D eigenvalue weighted by atomic mass is 19.1. The molecule has 9 nitrogen and oxygen atoms in total. The zero-order chi connectivity index (χ0) is 22.0. The number of anilines is 4. The Labute approximate surface area is 178 Å². The molecule has 0 radical (unpaired) electrons. The van der Waals surface area contributed by atoms with Gasteiger partial charge < -0.3 is 27.4 Å². The first kappa shape index (κ1) is 20.5. The lowest BCUT2D eigenvalue weighted by molar-refractivity contribution is 0.102. The number of nitrogen functional groups attached to an aromatic ring is 2. The van der Waals surface area contributed by atoms with Crippen molar-refractivity contribution in [1.82, 2.24) is 15.0 Å². The number of piperidine rings is 1. The standard InChI is InChI=1S/C21H23FN8O/c22-20-13(3-6-18(25)29-20)15-5-4-14(24)19(27-15)21(31)28-16-10-26-8-7-17(16)30-9-1-2-12(23)11-30/h3-8,10,12H,1-2,9,11,23-24H2,(H2,25,29)(H,28,31). The first-order valence-corrected chi connectivity index (χ1v) is 9.87. The number of carbonyl (C=O) groups excluding carboxylic acids is 1. The second kappa shape index (κ2) is 8.52. The van der Waals surface area contributed by atoms with E-state index in [1.54, 1.807) is 12.4 Å². The molecule has 1 saturated heterocycles. The smallest absolute Gasteiger partial charge is 0.276 e. The molecule has 1 atom stereocenters. The third-order valence-corrected chi connectivity index (χ3v) is 5.13. The van der Waals surface area contributed by atoms with Crippen LogP contribution in [0.5, 0.6) is 0 Å². The average molecular weight is 422 g/mol. The number of nitrogens with zero attached hydrogens (tertiary/aromatic N) is 4. The highest BCUT2D eigenvalue weighted by molar-refractivity contribution is 6.07. The largest absolute Gasteiger partial charge is 0.397 e. The maximum absolute atomic E-state index is 14.2. The quantitative estimate of drug-likeness (QED) is 0.467. The third kappa shape index (κ3) is 4.38. The summed E-state index contributed by atoms with van der Waals surface area (Å²) in [5.74, 6) is -1.26. The van der Waals surface area contributed by atoms with Crippen molar-refractivity contribution in [2.45, 2.75) is 18.9 Å². The highest BCUT2D eigenvalue weighted by Crippen LogP contribution is 2.29. The fourth-order valence-electron chi connectivity index (χ4n) is 3.61. The maximum Gasteiger partial charge on any atom is 0.276 e. The topological polar surface area (TPSA) is 149 Å².